The summed E-state index contributed by atoms with van der Waals surface area (Å²) in [6.07, 6.45) is 0. The van der Waals surface area contributed by atoms with Crippen LogP contribution in [0.15, 0.2) is 17.1 Å². The van der Waals surface area contributed by atoms with Gasteiger partial charge in [-0.25, -0.2) is 4.99 Å². The van der Waals surface area contributed by atoms with Crippen molar-refractivity contribution in [2.75, 3.05) is 6.54 Å². The first kappa shape index (κ1) is 13.2. The second-order valence-corrected chi connectivity index (χ2v) is 4.48. The van der Waals surface area contributed by atoms with Crippen molar-refractivity contribution in [1.82, 2.24) is 10.2 Å². The number of nitrogens with zero attached hydrogens (tertiary/aromatic N) is 2. The van der Waals surface area contributed by atoms with Gasteiger partial charge >= 0.3 is 29.6 Å². The molecule has 4 nitrogen and oxygen atoms in total. The van der Waals surface area contributed by atoms with Gasteiger partial charge in [-0.3, -0.25) is 10.1 Å². The number of fused-ring (bicyclic) bond motifs is 2. The molecule has 0 unspecified atom stereocenters. The van der Waals surface area contributed by atoms with Gasteiger partial charge in [-0.05, 0) is 12.1 Å². The molecule has 2 aliphatic heterocycles. The SMILES string of the molecule is O=C1CN2Cc3c(ccc(Cl)c3Cl)N=C2N1.[H-].[Na+]. The van der Waals surface area contributed by atoms with Gasteiger partial charge in [-0.15, -0.1) is 0 Å². The molecule has 17 heavy (non-hydrogen) atoms. The molecule has 0 radical (unpaired) electrons. The smallest absolute Gasteiger partial charge is 1.00 e. The minimum atomic E-state index is -0.0474. The number of halogens is 2. The molecule has 2 heterocycles. The van der Waals surface area contributed by atoms with E-state index in [-0.39, 0.29) is 36.9 Å². The Labute approximate surface area is 132 Å². The number of aliphatic imine (C=N–C) groups is 1. The van der Waals surface area contributed by atoms with Crippen molar-refractivity contribution in [3.63, 3.8) is 0 Å². The summed E-state index contributed by atoms with van der Waals surface area (Å²) in [5.74, 6) is 0.546. The number of amides is 1. The first-order valence-electron chi connectivity index (χ1n) is 4.75. The van der Waals surface area contributed by atoms with E-state index >= 15 is 0 Å². The summed E-state index contributed by atoms with van der Waals surface area (Å²) in [6, 6.07) is 3.51. The van der Waals surface area contributed by atoms with Crippen LogP contribution in [0.1, 0.15) is 6.99 Å². The summed E-state index contributed by atoms with van der Waals surface area (Å²) in [5.41, 5.74) is 1.64. The first-order valence-corrected chi connectivity index (χ1v) is 5.51. The quantitative estimate of drug-likeness (QED) is 0.622. The van der Waals surface area contributed by atoms with Crippen LogP contribution in [0.3, 0.4) is 0 Å². The number of rotatable bonds is 0. The Morgan fingerprint density at radius 3 is 2.88 bits per heavy atom. The van der Waals surface area contributed by atoms with Crippen LogP contribution in [0, 0.1) is 0 Å². The predicted octanol–water partition coefficient (Wildman–Crippen LogP) is -0.957. The number of hydrogen-bond donors (Lipinski definition) is 1. The van der Waals surface area contributed by atoms with Crippen LogP contribution in [0.4, 0.5) is 5.69 Å². The maximum absolute atomic E-state index is 11.2. The van der Waals surface area contributed by atoms with Crippen molar-refractivity contribution >= 4 is 40.8 Å². The van der Waals surface area contributed by atoms with Crippen LogP contribution in [0.5, 0.6) is 0 Å². The zero-order chi connectivity index (χ0) is 11.3. The Balaban J connectivity index is 0.000000810. The van der Waals surface area contributed by atoms with Gasteiger partial charge < -0.3 is 6.33 Å². The Morgan fingerprint density at radius 2 is 2.12 bits per heavy atom. The van der Waals surface area contributed by atoms with E-state index in [4.69, 9.17) is 23.2 Å². The standard InChI is InChI=1S/C10H7Cl2N3O.Na.H/c11-6-1-2-7-5(9(6)12)3-15-4-8(16)14-10(15)13-7;;/h1-2H,3-4H2,(H,13,14,16);;/q;+1;-1. The number of hydrogen-bond acceptors (Lipinski definition) is 3. The van der Waals surface area contributed by atoms with Crippen LogP contribution in [-0.2, 0) is 11.3 Å². The van der Waals surface area contributed by atoms with Crippen LogP contribution in [-0.4, -0.2) is 23.3 Å². The van der Waals surface area contributed by atoms with Crippen LogP contribution in [0.2, 0.25) is 10.0 Å². The predicted molar refractivity (Wildman–Crippen MR) is 63.2 cm³/mol. The van der Waals surface area contributed by atoms with Gasteiger partial charge in [0.2, 0.25) is 11.9 Å². The van der Waals surface area contributed by atoms with Gasteiger partial charge in [-0.1, -0.05) is 23.2 Å². The third-order valence-electron chi connectivity index (χ3n) is 2.63. The molecule has 1 N–H and O–H groups in total. The fourth-order valence-electron chi connectivity index (χ4n) is 1.86. The topological polar surface area (TPSA) is 44.7 Å². The molecule has 0 aliphatic carbocycles. The van der Waals surface area contributed by atoms with Crippen molar-refractivity contribution in [2.45, 2.75) is 6.54 Å². The molecule has 0 spiro atoms. The summed E-state index contributed by atoms with van der Waals surface area (Å²) in [4.78, 5) is 17.4. The fourth-order valence-corrected chi connectivity index (χ4v) is 2.26. The number of carbonyl (C=O) groups excluding carboxylic acids is 1. The molecule has 1 amide bonds. The molecule has 1 fully saturated rings. The normalized spacial score (nSPS) is 16.7. The van der Waals surface area contributed by atoms with E-state index in [1.165, 1.54) is 0 Å². The van der Waals surface area contributed by atoms with Gasteiger partial charge in [0, 0.05) is 5.56 Å². The zero-order valence-corrected chi connectivity index (χ0v) is 12.6. The molecular weight excluding hydrogens is 272 g/mol. The second-order valence-electron chi connectivity index (χ2n) is 3.70. The summed E-state index contributed by atoms with van der Waals surface area (Å²) in [5, 5.41) is 3.72. The number of carbonyl (C=O) groups is 1. The minimum Gasteiger partial charge on any atom is -1.00 e. The van der Waals surface area contributed by atoms with Gasteiger partial charge in [0.25, 0.3) is 0 Å². The van der Waals surface area contributed by atoms with Crippen molar-refractivity contribution < 1.29 is 35.8 Å². The van der Waals surface area contributed by atoms with Crippen LogP contribution in [0.25, 0.3) is 0 Å². The molecule has 0 saturated carbocycles. The Morgan fingerprint density at radius 1 is 1.35 bits per heavy atom. The van der Waals surface area contributed by atoms with E-state index in [0.717, 1.165) is 11.3 Å². The Kier molecular flexibility index (Phi) is 3.71. The second kappa shape index (κ2) is 4.78. The van der Waals surface area contributed by atoms with Crippen molar-refractivity contribution in [2.24, 2.45) is 4.99 Å². The van der Waals surface area contributed by atoms with Crippen molar-refractivity contribution in [1.29, 1.82) is 0 Å². The van der Waals surface area contributed by atoms with E-state index in [1.54, 1.807) is 12.1 Å². The monoisotopic (exact) mass is 279 g/mol. The van der Waals surface area contributed by atoms with Gasteiger partial charge in [-0.2, -0.15) is 0 Å². The van der Waals surface area contributed by atoms with Crippen molar-refractivity contribution in [3.8, 4) is 0 Å². The first-order chi connectivity index (χ1) is 7.65. The molecular formula is C10H8Cl2N3NaO. The van der Waals surface area contributed by atoms with Crippen LogP contribution >= 0.6 is 23.2 Å². The molecule has 2 aliphatic rings. The van der Waals surface area contributed by atoms with Gasteiger partial charge in [0.05, 0.1) is 22.3 Å². The van der Waals surface area contributed by atoms with Crippen molar-refractivity contribution in [3.05, 3.63) is 27.7 Å². The summed E-state index contributed by atoms with van der Waals surface area (Å²) in [7, 11) is 0. The Bertz CT molecular complexity index is 538. The summed E-state index contributed by atoms with van der Waals surface area (Å²) in [6.45, 7) is 0.882. The maximum Gasteiger partial charge on any atom is 1.00 e. The van der Waals surface area contributed by atoms with E-state index in [1.807, 2.05) is 4.90 Å². The van der Waals surface area contributed by atoms with Crippen LogP contribution < -0.4 is 34.9 Å². The van der Waals surface area contributed by atoms with Gasteiger partial charge in [0.1, 0.15) is 6.54 Å². The number of benzene rings is 1. The molecule has 1 aromatic carbocycles. The van der Waals surface area contributed by atoms with E-state index in [9.17, 15) is 4.79 Å². The molecule has 84 valence electrons. The zero-order valence-electron chi connectivity index (χ0n) is 10.1. The largest absolute Gasteiger partial charge is 1.00 e. The van der Waals surface area contributed by atoms with E-state index in [2.05, 4.69) is 10.3 Å². The van der Waals surface area contributed by atoms with E-state index in [0.29, 0.717) is 29.1 Å². The summed E-state index contributed by atoms with van der Waals surface area (Å²) >= 11 is 12.0. The molecule has 3 rings (SSSR count). The third-order valence-corrected chi connectivity index (χ3v) is 3.48. The molecule has 0 atom stereocenters. The average molecular weight is 280 g/mol. The Hall–Kier alpha value is -0.260. The average Bonchev–Trinajstić information content (AvgIpc) is 2.61. The van der Waals surface area contributed by atoms with Gasteiger partial charge in [0.15, 0.2) is 0 Å². The minimum absolute atomic E-state index is 0. The van der Waals surface area contributed by atoms with E-state index < -0.39 is 0 Å². The summed E-state index contributed by atoms with van der Waals surface area (Å²) < 4.78 is 0. The number of nitrogens with one attached hydrogen (secondary N) is 1. The molecule has 0 bridgehead atoms. The maximum atomic E-state index is 11.2. The molecule has 7 heteroatoms. The third kappa shape index (κ3) is 2.20. The molecule has 1 saturated heterocycles. The molecule has 0 aromatic heterocycles. The number of guanidine groups is 1. The fraction of sp³-hybridized carbons (Fsp3) is 0.200. The molecule has 1 aromatic rings.